The minimum atomic E-state index is -0.645. The molecule has 1 saturated heterocycles. The van der Waals surface area contributed by atoms with E-state index < -0.39 is 11.8 Å². The van der Waals surface area contributed by atoms with Gasteiger partial charge in [-0.25, -0.2) is 0 Å². The molecule has 0 aliphatic carbocycles. The third-order valence-electron chi connectivity index (χ3n) is 4.40. The second-order valence-electron chi connectivity index (χ2n) is 6.36. The molecular formula is C18H26ClN3O2. The molecule has 0 bridgehead atoms. The van der Waals surface area contributed by atoms with Crippen molar-refractivity contribution in [3.8, 4) is 0 Å². The number of nitrogens with one attached hydrogen (secondary N) is 2. The molecule has 1 aliphatic rings. The number of halogens is 1. The van der Waals surface area contributed by atoms with Crippen LogP contribution in [0.2, 0.25) is 5.02 Å². The van der Waals surface area contributed by atoms with Crippen LogP contribution < -0.4 is 10.6 Å². The first-order valence-electron chi connectivity index (χ1n) is 8.60. The van der Waals surface area contributed by atoms with Crippen molar-refractivity contribution >= 4 is 29.1 Å². The van der Waals surface area contributed by atoms with Crippen LogP contribution in [-0.2, 0) is 9.59 Å². The number of benzene rings is 1. The lowest BCUT2D eigenvalue weighted by Gasteiger charge is -2.32. The maximum atomic E-state index is 12.1. The Labute approximate surface area is 148 Å². The Bertz CT molecular complexity index is 584. The minimum absolute atomic E-state index is 0.0709. The maximum absolute atomic E-state index is 12.1. The largest absolute Gasteiger partial charge is 0.345 e. The molecule has 2 rings (SSSR count). The van der Waals surface area contributed by atoms with Crippen LogP contribution in [-0.4, -0.2) is 42.4 Å². The average Bonchev–Trinajstić information content (AvgIpc) is 2.57. The van der Waals surface area contributed by atoms with E-state index in [1.54, 1.807) is 12.1 Å². The van der Waals surface area contributed by atoms with Gasteiger partial charge < -0.3 is 15.5 Å². The molecule has 6 heteroatoms. The van der Waals surface area contributed by atoms with E-state index in [9.17, 15) is 9.59 Å². The lowest BCUT2D eigenvalue weighted by molar-refractivity contribution is -0.136. The molecule has 0 saturated carbocycles. The molecule has 24 heavy (non-hydrogen) atoms. The smallest absolute Gasteiger partial charge is 0.313 e. The van der Waals surface area contributed by atoms with Crippen molar-refractivity contribution < 1.29 is 9.59 Å². The van der Waals surface area contributed by atoms with Gasteiger partial charge in [-0.2, -0.15) is 0 Å². The molecule has 1 fully saturated rings. The average molecular weight is 352 g/mol. The molecule has 0 unspecified atom stereocenters. The number of nitrogens with zero attached hydrogens (tertiary/aromatic N) is 1. The zero-order valence-corrected chi connectivity index (χ0v) is 15.2. The van der Waals surface area contributed by atoms with E-state index in [4.69, 9.17) is 11.6 Å². The number of anilines is 1. The van der Waals surface area contributed by atoms with E-state index in [1.165, 1.54) is 12.8 Å². The number of carbonyl (C=O) groups is 2. The van der Waals surface area contributed by atoms with Crippen molar-refractivity contribution in [3.63, 3.8) is 0 Å². The second-order valence-corrected chi connectivity index (χ2v) is 6.79. The lowest BCUT2D eigenvalue weighted by atomic mass is 10.0. The van der Waals surface area contributed by atoms with Crippen LogP contribution in [0.5, 0.6) is 0 Å². The summed E-state index contributed by atoms with van der Waals surface area (Å²) in [4.78, 5) is 26.6. The quantitative estimate of drug-likeness (QED) is 0.802. The van der Waals surface area contributed by atoms with Gasteiger partial charge in [0.2, 0.25) is 0 Å². The number of aryl methyl sites for hydroxylation is 1. The number of hydrogen-bond acceptors (Lipinski definition) is 3. The van der Waals surface area contributed by atoms with Crippen molar-refractivity contribution in [2.45, 2.75) is 45.6 Å². The Morgan fingerprint density at radius 1 is 1.25 bits per heavy atom. The van der Waals surface area contributed by atoms with Crippen molar-refractivity contribution in [1.82, 2.24) is 10.2 Å². The van der Waals surface area contributed by atoms with Gasteiger partial charge in [-0.1, -0.05) is 31.0 Å². The Morgan fingerprint density at radius 3 is 2.62 bits per heavy atom. The van der Waals surface area contributed by atoms with Crippen LogP contribution in [0.1, 0.15) is 38.2 Å². The van der Waals surface area contributed by atoms with Crippen molar-refractivity contribution in [2.24, 2.45) is 0 Å². The normalized spacial score (nSPS) is 16.0. The third-order valence-corrected chi connectivity index (χ3v) is 4.64. The van der Waals surface area contributed by atoms with Gasteiger partial charge in [0.1, 0.15) is 0 Å². The number of carbonyl (C=O) groups excluding carboxylic acids is 2. The number of hydrogen-bond donors (Lipinski definition) is 2. The highest BCUT2D eigenvalue weighted by Crippen LogP contribution is 2.20. The van der Waals surface area contributed by atoms with Gasteiger partial charge in [0.05, 0.1) is 0 Å². The van der Waals surface area contributed by atoms with Crippen LogP contribution in [0.3, 0.4) is 0 Å². The van der Waals surface area contributed by atoms with Crippen LogP contribution >= 0.6 is 11.6 Å². The molecule has 2 N–H and O–H groups in total. The standard InChI is InChI=1S/C18H26ClN3O2/c1-3-4-9-22-10-7-15(8-11-22)20-17(23)18(24)21-16-12-14(19)6-5-13(16)2/h5-6,12,15H,3-4,7-11H2,1-2H3,(H,20,23)(H,21,24). The molecule has 0 aromatic heterocycles. The fourth-order valence-electron chi connectivity index (χ4n) is 2.84. The Hall–Kier alpha value is -1.59. The Balaban J connectivity index is 1.80. The fraction of sp³-hybridized carbons (Fsp3) is 0.556. The molecular weight excluding hydrogens is 326 g/mol. The number of likely N-dealkylation sites (tertiary alicyclic amines) is 1. The highest BCUT2D eigenvalue weighted by Gasteiger charge is 2.23. The van der Waals surface area contributed by atoms with Gasteiger partial charge in [0.25, 0.3) is 0 Å². The molecule has 0 radical (unpaired) electrons. The van der Waals surface area contributed by atoms with E-state index >= 15 is 0 Å². The van der Waals surface area contributed by atoms with Gasteiger partial charge in [0.15, 0.2) is 0 Å². The molecule has 0 atom stereocenters. The molecule has 1 aromatic rings. The van der Waals surface area contributed by atoms with Gasteiger partial charge in [-0.15, -0.1) is 0 Å². The van der Waals surface area contributed by atoms with Gasteiger partial charge >= 0.3 is 11.8 Å². The summed E-state index contributed by atoms with van der Waals surface area (Å²) in [7, 11) is 0. The summed E-state index contributed by atoms with van der Waals surface area (Å²) in [6, 6.07) is 5.27. The predicted molar refractivity (Wildman–Crippen MR) is 97.3 cm³/mol. The summed E-state index contributed by atoms with van der Waals surface area (Å²) in [5, 5.41) is 5.99. The minimum Gasteiger partial charge on any atom is -0.345 e. The zero-order chi connectivity index (χ0) is 17.5. The molecule has 0 spiro atoms. The Morgan fingerprint density at radius 2 is 1.96 bits per heavy atom. The highest BCUT2D eigenvalue weighted by atomic mass is 35.5. The SMILES string of the molecule is CCCCN1CCC(NC(=O)C(=O)Nc2cc(Cl)ccc2C)CC1. The first-order chi connectivity index (χ1) is 11.5. The van der Waals surface area contributed by atoms with E-state index in [1.807, 2.05) is 13.0 Å². The summed E-state index contributed by atoms with van der Waals surface area (Å²) in [5.41, 5.74) is 1.43. The van der Waals surface area contributed by atoms with Gasteiger partial charge in [-0.05, 0) is 50.4 Å². The molecule has 1 aliphatic heterocycles. The molecule has 1 aromatic carbocycles. The summed E-state index contributed by atoms with van der Waals surface area (Å²) in [5.74, 6) is -1.23. The topological polar surface area (TPSA) is 61.4 Å². The number of unbranched alkanes of at least 4 members (excludes halogenated alkanes) is 1. The monoisotopic (exact) mass is 351 g/mol. The van der Waals surface area contributed by atoms with Crippen molar-refractivity contribution in [3.05, 3.63) is 28.8 Å². The summed E-state index contributed by atoms with van der Waals surface area (Å²) < 4.78 is 0. The summed E-state index contributed by atoms with van der Waals surface area (Å²) in [6.45, 7) is 7.11. The van der Waals surface area contributed by atoms with Gasteiger partial charge in [-0.3, -0.25) is 9.59 Å². The summed E-state index contributed by atoms with van der Waals surface area (Å²) >= 11 is 5.93. The molecule has 1 heterocycles. The number of piperidine rings is 1. The zero-order valence-electron chi connectivity index (χ0n) is 14.4. The van der Waals surface area contributed by atoms with E-state index in [0.717, 1.165) is 38.0 Å². The van der Waals surface area contributed by atoms with E-state index in [-0.39, 0.29) is 6.04 Å². The van der Waals surface area contributed by atoms with Gasteiger partial charge in [0, 0.05) is 29.8 Å². The highest BCUT2D eigenvalue weighted by molar-refractivity contribution is 6.40. The van der Waals surface area contributed by atoms with E-state index in [2.05, 4.69) is 22.5 Å². The van der Waals surface area contributed by atoms with Crippen molar-refractivity contribution in [2.75, 3.05) is 25.0 Å². The second kappa shape index (κ2) is 9.04. The van der Waals surface area contributed by atoms with Crippen LogP contribution in [0, 0.1) is 6.92 Å². The first kappa shape index (κ1) is 18.7. The molecule has 132 valence electrons. The van der Waals surface area contributed by atoms with E-state index in [0.29, 0.717) is 10.7 Å². The molecule has 5 nitrogen and oxygen atoms in total. The van der Waals surface area contributed by atoms with Crippen LogP contribution in [0.25, 0.3) is 0 Å². The maximum Gasteiger partial charge on any atom is 0.313 e. The van der Waals surface area contributed by atoms with Crippen LogP contribution in [0.4, 0.5) is 5.69 Å². The lowest BCUT2D eigenvalue weighted by Crippen LogP contribution is -2.47. The number of amides is 2. The predicted octanol–water partition coefficient (Wildman–Crippen LogP) is 2.97. The summed E-state index contributed by atoms with van der Waals surface area (Å²) in [6.07, 6.45) is 4.18. The van der Waals surface area contributed by atoms with Crippen molar-refractivity contribution in [1.29, 1.82) is 0 Å². The Kier molecular flexibility index (Phi) is 7.06. The number of rotatable bonds is 5. The van der Waals surface area contributed by atoms with Crippen LogP contribution in [0.15, 0.2) is 18.2 Å². The molecule has 2 amide bonds. The first-order valence-corrected chi connectivity index (χ1v) is 8.97. The third kappa shape index (κ3) is 5.49. The fourth-order valence-corrected chi connectivity index (χ4v) is 3.01.